The fourth-order valence-corrected chi connectivity index (χ4v) is 5.54. The van der Waals surface area contributed by atoms with E-state index in [1.807, 2.05) is 18.2 Å². The van der Waals surface area contributed by atoms with Crippen molar-refractivity contribution in [3.63, 3.8) is 0 Å². The van der Waals surface area contributed by atoms with Gasteiger partial charge in [0.2, 0.25) is 0 Å². The van der Waals surface area contributed by atoms with Crippen LogP contribution >= 0.6 is 0 Å². The second-order valence-corrected chi connectivity index (χ2v) is 9.83. The summed E-state index contributed by atoms with van der Waals surface area (Å²) >= 11 is 0. The Morgan fingerprint density at radius 2 is 1.65 bits per heavy atom. The third-order valence-electron chi connectivity index (χ3n) is 7.57. The average molecular weight is 461 g/mol. The highest BCUT2D eigenvalue weighted by molar-refractivity contribution is 5.93. The van der Waals surface area contributed by atoms with Crippen LogP contribution in [0.1, 0.15) is 57.9 Å². The topological polar surface area (TPSA) is 61.7 Å². The van der Waals surface area contributed by atoms with E-state index >= 15 is 0 Å². The van der Waals surface area contributed by atoms with E-state index in [0.29, 0.717) is 17.8 Å². The van der Waals surface area contributed by atoms with Gasteiger partial charge in [-0.05, 0) is 82.7 Å². The van der Waals surface area contributed by atoms with Crippen LogP contribution in [-0.2, 0) is 6.61 Å². The number of anilines is 2. The summed E-state index contributed by atoms with van der Waals surface area (Å²) < 4.78 is 5.38. The minimum absolute atomic E-state index is 0.0670. The third-order valence-corrected chi connectivity index (χ3v) is 7.57. The molecule has 2 aliphatic rings. The SMILES string of the molecule is COc1ccc(-c2ccc3c(N4CCCCC4C)nc(N4CCCCC4C)cc3n2)cc1CO. The summed E-state index contributed by atoms with van der Waals surface area (Å²) in [6, 6.07) is 13.3. The molecule has 6 nitrogen and oxygen atoms in total. The zero-order chi connectivity index (χ0) is 23.7. The number of aromatic nitrogens is 2. The quantitative estimate of drug-likeness (QED) is 0.538. The van der Waals surface area contributed by atoms with Gasteiger partial charge in [-0.3, -0.25) is 0 Å². The number of rotatable bonds is 5. The molecule has 34 heavy (non-hydrogen) atoms. The number of hydrogen-bond acceptors (Lipinski definition) is 6. The molecule has 0 amide bonds. The van der Waals surface area contributed by atoms with Crippen LogP contribution in [0.15, 0.2) is 36.4 Å². The highest BCUT2D eigenvalue weighted by Crippen LogP contribution is 2.35. The van der Waals surface area contributed by atoms with Crippen molar-refractivity contribution in [1.29, 1.82) is 0 Å². The van der Waals surface area contributed by atoms with Crippen molar-refractivity contribution in [2.75, 3.05) is 30.0 Å². The molecule has 2 fully saturated rings. The van der Waals surface area contributed by atoms with E-state index in [1.54, 1.807) is 7.11 Å². The molecule has 0 spiro atoms. The van der Waals surface area contributed by atoms with Gasteiger partial charge in [0, 0.05) is 47.8 Å². The number of benzene rings is 1. The molecule has 3 aromatic rings. The lowest BCUT2D eigenvalue weighted by atomic mass is 10.0. The van der Waals surface area contributed by atoms with Crippen molar-refractivity contribution in [2.45, 2.75) is 71.1 Å². The zero-order valence-corrected chi connectivity index (χ0v) is 20.6. The average Bonchev–Trinajstić information content (AvgIpc) is 2.88. The van der Waals surface area contributed by atoms with Gasteiger partial charge in [-0.1, -0.05) is 0 Å². The first-order chi connectivity index (χ1) is 16.6. The molecule has 2 atom stereocenters. The summed E-state index contributed by atoms with van der Waals surface area (Å²) in [7, 11) is 1.63. The molecule has 0 saturated carbocycles. The number of fused-ring (bicyclic) bond motifs is 1. The third kappa shape index (κ3) is 4.31. The smallest absolute Gasteiger partial charge is 0.140 e. The standard InChI is InChI=1S/C28H36N4O2/c1-19-8-4-6-14-31(19)27-17-25-23(28(30-27)32-15-7-5-9-20(32)2)11-12-24(29-25)21-10-13-26(34-3)22(16-21)18-33/h10-13,16-17,19-20,33H,4-9,14-15,18H2,1-3H3. The summed E-state index contributed by atoms with van der Waals surface area (Å²) in [5.74, 6) is 2.81. The summed E-state index contributed by atoms with van der Waals surface area (Å²) in [5.41, 5.74) is 3.62. The lowest BCUT2D eigenvalue weighted by molar-refractivity contribution is 0.274. The molecule has 2 saturated heterocycles. The first kappa shape index (κ1) is 22.9. The van der Waals surface area contributed by atoms with Crippen molar-refractivity contribution in [3.05, 3.63) is 42.0 Å². The van der Waals surface area contributed by atoms with Crippen LogP contribution in [0.2, 0.25) is 0 Å². The second kappa shape index (κ2) is 9.79. The Bertz CT molecular complexity index is 1160. The minimum atomic E-state index is -0.0670. The fourth-order valence-electron chi connectivity index (χ4n) is 5.54. The summed E-state index contributed by atoms with van der Waals surface area (Å²) in [5, 5.41) is 10.9. The van der Waals surface area contributed by atoms with Gasteiger partial charge in [0.25, 0.3) is 0 Å². The summed E-state index contributed by atoms with van der Waals surface area (Å²) in [6.45, 7) is 6.65. The van der Waals surface area contributed by atoms with Crippen LogP contribution in [0.5, 0.6) is 5.75 Å². The van der Waals surface area contributed by atoms with Crippen molar-refractivity contribution >= 4 is 22.5 Å². The van der Waals surface area contributed by atoms with E-state index in [0.717, 1.165) is 52.4 Å². The maximum absolute atomic E-state index is 9.78. The van der Waals surface area contributed by atoms with E-state index in [2.05, 4.69) is 41.8 Å². The van der Waals surface area contributed by atoms with Gasteiger partial charge < -0.3 is 19.6 Å². The van der Waals surface area contributed by atoms with E-state index in [4.69, 9.17) is 14.7 Å². The molecule has 2 aromatic heterocycles. The van der Waals surface area contributed by atoms with Crippen LogP contribution in [0.4, 0.5) is 11.6 Å². The molecule has 0 aliphatic carbocycles. The summed E-state index contributed by atoms with van der Waals surface area (Å²) in [4.78, 5) is 15.3. The van der Waals surface area contributed by atoms with Crippen LogP contribution in [0, 0.1) is 0 Å². The van der Waals surface area contributed by atoms with Gasteiger partial charge in [-0.25, -0.2) is 9.97 Å². The molecule has 180 valence electrons. The van der Waals surface area contributed by atoms with E-state index in [9.17, 15) is 5.11 Å². The molecule has 0 radical (unpaired) electrons. The molecule has 5 rings (SSSR count). The maximum atomic E-state index is 9.78. The number of pyridine rings is 2. The maximum Gasteiger partial charge on any atom is 0.140 e. The number of piperidine rings is 2. The number of aliphatic hydroxyl groups excluding tert-OH is 1. The predicted molar refractivity (Wildman–Crippen MR) is 139 cm³/mol. The van der Waals surface area contributed by atoms with Crippen LogP contribution in [-0.4, -0.2) is 47.4 Å². The molecule has 6 heteroatoms. The van der Waals surface area contributed by atoms with Gasteiger partial charge in [-0.2, -0.15) is 0 Å². The Hall–Kier alpha value is -2.86. The molecular weight excluding hydrogens is 424 g/mol. The van der Waals surface area contributed by atoms with E-state index in [1.165, 1.54) is 38.5 Å². The second-order valence-electron chi connectivity index (χ2n) is 9.83. The van der Waals surface area contributed by atoms with Crippen LogP contribution < -0.4 is 14.5 Å². The first-order valence-corrected chi connectivity index (χ1v) is 12.7. The molecule has 1 aromatic carbocycles. The molecular formula is C28H36N4O2. The number of ether oxygens (including phenoxy) is 1. The van der Waals surface area contributed by atoms with Crippen LogP contribution in [0.25, 0.3) is 22.2 Å². The Morgan fingerprint density at radius 1 is 0.912 bits per heavy atom. The lowest BCUT2D eigenvalue weighted by Crippen LogP contribution is -2.40. The highest BCUT2D eigenvalue weighted by atomic mass is 16.5. The number of methoxy groups -OCH3 is 1. The van der Waals surface area contributed by atoms with Crippen LogP contribution in [0.3, 0.4) is 0 Å². The largest absolute Gasteiger partial charge is 0.496 e. The number of nitrogens with zero attached hydrogens (tertiary/aromatic N) is 4. The first-order valence-electron chi connectivity index (χ1n) is 12.7. The molecule has 2 aliphatic heterocycles. The lowest BCUT2D eigenvalue weighted by Gasteiger charge is -2.38. The zero-order valence-electron chi connectivity index (χ0n) is 20.6. The van der Waals surface area contributed by atoms with Crippen molar-refractivity contribution < 1.29 is 9.84 Å². The number of hydrogen-bond donors (Lipinski definition) is 1. The Kier molecular flexibility index (Phi) is 6.59. The fraction of sp³-hybridized carbons (Fsp3) is 0.500. The van der Waals surface area contributed by atoms with Crippen molar-refractivity contribution in [3.8, 4) is 17.0 Å². The predicted octanol–water partition coefficient (Wildman–Crippen LogP) is 5.56. The van der Waals surface area contributed by atoms with E-state index < -0.39 is 0 Å². The van der Waals surface area contributed by atoms with E-state index in [-0.39, 0.29) is 6.61 Å². The summed E-state index contributed by atoms with van der Waals surface area (Å²) in [6.07, 6.45) is 7.40. The van der Waals surface area contributed by atoms with Crippen molar-refractivity contribution in [1.82, 2.24) is 9.97 Å². The minimum Gasteiger partial charge on any atom is -0.496 e. The highest BCUT2D eigenvalue weighted by Gasteiger charge is 2.26. The van der Waals surface area contributed by atoms with Gasteiger partial charge >= 0.3 is 0 Å². The van der Waals surface area contributed by atoms with Gasteiger partial charge in [0.05, 0.1) is 24.9 Å². The van der Waals surface area contributed by atoms with Gasteiger partial charge in [0.1, 0.15) is 17.4 Å². The Balaban J connectivity index is 1.64. The molecule has 2 unspecified atom stereocenters. The Labute approximate surface area is 202 Å². The monoisotopic (exact) mass is 460 g/mol. The van der Waals surface area contributed by atoms with Gasteiger partial charge in [-0.15, -0.1) is 0 Å². The van der Waals surface area contributed by atoms with Crippen molar-refractivity contribution in [2.24, 2.45) is 0 Å². The Morgan fingerprint density at radius 3 is 2.32 bits per heavy atom. The molecule has 0 bridgehead atoms. The molecule has 4 heterocycles. The number of aliphatic hydroxyl groups is 1. The molecule has 1 N–H and O–H groups in total. The normalized spacial score (nSPS) is 21.2. The van der Waals surface area contributed by atoms with Gasteiger partial charge in [0.15, 0.2) is 0 Å².